The van der Waals surface area contributed by atoms with E-state index in [1.807, 2.05) is 6.07 Å². The van der Waals surface area contributed by atoms with E-state index in [9.17, 15) is 4.79 Å². The van der Waals surface area contributed by atoms with Gasteiger partial charge in [-0.3, -0.25) is 4.79 Å². The van der Waals surface area contributed by atoms with Gasteiger partial charge in [-0.1, -0.05) is 25.4 Å². The highest BCUT2D eigenvalue weighted by molar-refractivity contribution is 6.34. The van der Waals surface area contributed by atoms with Gasteiger partial charge in [-0.15, -0.1) is 0 Å². The van der Waals surface area contributed by atoms with E-state index in [0.717, 1.165) is 5.69 Å². The SMILES string of the molecule is CC1(C)CCC(Nc2ccc(C(N)=O)c(Cl)c2)CC1. The standard InChI is InChI=1S/C15H21ClN2O/c1-15(2)7-5-10(6-8-15)18-11-3-4-12(14(17)19)13(16)9-11/h3-4,9-10,18H,5-8H2,1-2H3,(H2,17,19). The van der Waals surface area contributed by atoms with Crippen LogP contribution in [0.2, 0.25) is 5.02 Å². The number of anilines is 1. The van der Waals surface area contributed by atoms with E-state index < -0.39 is 5.91 Å². The summed E-state index contributed by atoms with van der Waals surface area (Å²) in [5.74, 6) is -0.490. The Labute approximate surface area is 119 Å². The molecule has 0 aromatic heterocycles. The van der Waals surface area contributed by atoms with Crippen LogP contribution in [0.5, 0.6) is 0 Å². The van der Waals surface area contributed by atoms with Crippen LogP contribution in [-0.4, -0.2) is 11.9 Å². The van der Waals surface area contributed by atoms with Crippen molar-refractivity contribution < 1.29 is 4.79 Å². The lowest BCUT2D eigenvalue weighted by molar-refractivity contribution is 0.100. The summed E-state index contributed by atoms with van der Waals surface area (Å²) < 4.78 is 0. The van der Waals surface area contributed by atoms with Gasteiger partial charge in [-0.05, 0) is 49.3 Å². The first-order valence-corrected chi connectivity index (χ1v) is 7.11. The van der Waals surface area contributed by atoms with Crippen LogP contribution in [0.1, 0.15) is 49.9 Å². The molecule has 0 heterocycles. The summed E-state index contributed by atoms with van der Waals surface area (Å²) in [4.78, 5) is 11.1. The van der Waals surface area contributed by atoms with Gasteiger partial charge in [-0.2, -0.15) is 0 Å². The zero-order valence-electron chi connectivity index (χ0n) is 11.5. The van der Waals surface area contributed by atoms with Gasteiger partial charge >= 0.3 is 0 Å². The van der Waals surface area contributed by atoms with Crippen molar-refractivity contribution in [3.05, 3.63) is 28.8 Å². The van der Waals surface area contributed by atoms with E-state index in [1.165, 1.54) is 25.7 Å². The minimum absolute atomic E-state index is 0.372. The lowest BCUT2D eigenvalue weighted by atomic mass is 9.75. The molecule has 4 heteroatoms. The number of amides is 1. The smallest absolute Gasteiger partial charge is 0.250 e. The quantitative estimate of drug-likeness (QED) is 0.884. The second-order valence-electron chi connectivity index (χ2n) is 6.14. The van der Waals surface area contributed by atoms with Crippen LogP contribution in [0.25, 0.3) is 0 Å². The number of rotatable bonds is 3. The molecule has 1 aliphatic carbocycles. The fraction of sp³-hybridized carbons (Fsp3) is 0.533. The lowest BCUT2D eigenvalue weighted by Gasteiger charge is -2.35. The van der Waals surface area contributed by atoms with Gasteiger partial charge in [0.15, 0.2) is 0 Å². The minimum atomic E-state index is -0.490. The summed E-state index contributed by atoms with van der Waals surface area (Å²) in [6, 6.07) is 5.82. The zero-order valence-corrected chi connectivity index (χ0v) is 12.3. The Bertz CT molecular complexity index is 475. The molecule has 104 valence electrons. The fourth-order valence-electron chi connectivity index (χ4n) is 2.58. The van der Waals surface area contributed by atoms with Crippen molar-refractivity contribution in [1.29, 1.82) is 0 Å². The van der Waals surface area contributed by atoms with Crippen LogP contribution in [0.4, 0.5) is 5.69 Å². The number of primary amides is 1. The topological polar surface area (TPSA) is 55.1 Å². The average molecular weight is 281 g/mol. The van der Waals surface area contributed by atoms with E-state index in [4.69, 9.17) is 17.3 Å². The van der Waals surface area contributed by atoms with Crippen LogP contribution in [0.15, 0.2) is 18.2 Å². The van der Waals surface area contributed by atoms with Crippen molar-refractivity contribution in [3.8, 4) is 0 Å². The summed E-state index contributed by atoms with van der Waals surface area (Å²) in [6.07, 6.45) is 4.81. The third-order valence-corrected chi connectivity index (χ3v) is 4.26. The van der Waals surface area contributed by atoms with E-state index in [-0.39, 0.29) is 0 Å². The van der Waals surface area contributed by atoms with Crippen molar-refractivity contribution in [2.75, 3.05) is 5.32 Å². The predicted octanol–water partition coefficient (Wildman–Crippen LogP) is 3.82. The number of benzene rings is 1. The van der Waals surface area contributed by atoms with Gasteiger partial charge in [0.25, 0.3) is 0 Å². The monoisotopic (exact) mass is 280 g/mol. The van der Waals surface area contributed by atoms with Crippen molar-refractivity contribution in [1.82, 2.24) is 0 Å². The number of nitrogens with one attached hydrogen (secondary N) is 1. The molecule has 0 atom stereocenters. The second kappa shape index (κ2) is 5.41. The molecule has 0 radical (unpaired) electrons. The van der Waals surface area contributed by atoms with Crippen LogP contribution < -0.4 is 11.1 Å². The molecular weight excluding hydrogens is 260 g/mol. The van der Waals surface area contributed by atoms with Gasteiger partial charge in [-0.25, -0.2) is 0 Å². The Balaban J connectivity index is 2.01. The molecule has 3 nitrogen and oxygen atoms in total. The van der Waals surface area contributed by atoms with Gasteiger partial charge in [0.2, 0.25) is 5.91 Å². The molecule has 1 aromatic rings. The molecule has 1 saturated carbocycles. The maximum atomic E-state index is 11.1. The van der Waals surface area contributed by atoms with Crippen molar-refractivity contribution in [3.63, 3.8) is 0 Å². The first kappa shape index (κ1) is 14.2. The molecule has 19 heavy (non-hydrogen) atoms. The normalized spacial score (nSPS) is 19.1. The van der Waals surface area contributed by atoms with Crippen molar-refractivity contribution in [2.45, 2.75) is 45.6 Å². The minimum Gasteiger partial charge on any atom is -0.382 e. The average Bonchev–Trinajstić information content (AvgIpc) is 2.31. The Morgan fingerprint density at radius 1 is 1.37 bits per heavy atom. The molecule has 2 rings (SSSR count). The van der Waals surface area contributed by atoms with Crippen LogP contribution in [0.3, 0.4) is 0 Å². The Kier molecular flexibility index (Phi) is 4.04. The maximum Gasteiger partial charge on any atom is 0.250 e. The van der Waals surface area contributed by atoms with Crippen LogP contribution >= 0.6 is 11.6 Å². The molecule has 0 saturated heterocycles. The highest BCUT2D eigenvalue weighted by Gasteiger charge is 2.26. The van der Waals surface area contributed by atoms with Gasteiger partial charge in [0, 0.05) is 11.7 Å². The van der Waals surface area contributed by atoms with E-state index >= 15 is 0 Å². The first-order chi connectivity index (χ1) is 8.87. The molecule has 1 amide bonds. The summed E-state index contributed by atoms with van der Waals surface area (Å²) in [5, 5.41) is 3.90. The molecule has 3 N–H and O–H groups in total. The van der Waals surface area contributed by atoms with Gasteiger partial charge in [0.1, 0.15) is 0 Å². The Morgan fingerprint density at radius 2 is 2.00 bits per heavy atom. The highest BCUT2D eigenvalue weighted by atomic mass is 35.5. The molecule has 1 aromatic carbocycles. The first-order valence-electron chi connectivity index (χ1n) is 6.73. The predicted molar refractivity (Wildman–Crippen MR) is 79.6 cm³/mol. The third-order valence-electron chi connectivity index (χ3n) is 3.94. The summed E-state index contributed by atoms with van der Waals surface area (Å²) in [7, 11) is 0. The summed E-state index contributed by atoms with van der Waals surface area (Å²) in [5.41, 5.74) is 7.03. The number of nitrogens with two attached hydrogens (primary N) is 1. The largest absolute Gasteiger partial charge is 0.382 e. The number of carbonyl (C=O) groups is 1. The van der Waals surface area contributed by atoms with Gasteiger partial charge < -0.3 is 11.1 Å². The Morgan fingerprint density at radius 3 is 2.53 bits per heavy atom. The molecular formula is C15H21ClN2O. The number of hydrogen-bond donors (Lipinski definition) is 2. The molecule has 1 aliphatic rings. The maximum absolute atomic E-state index is 11.1. The van der Waals surface area contributed by atoms with E-state index in [0.29, 0.717) is 22.0 Å². The molecule has 0 spiro atoms. The number of hydrogen-bond acceptors (Lipinski definition) is 2. The number of halogens is 1. The zero-order chi connectivity index (χ0) is 14.0. The van der Waals surface area contributed by atoms with Gasteiger partial charge in [0.05, 0.1) is 10.6 Å². The Hall–Kier alpha value is -1.22. The van der Waals surface area contributed by atoms with Crippen LogP contribution in [0, 0.1) is 5.41 Å². The van der Waals surface area contributed by atoms with Crippen molar-refractivity contribution in [2.24, 2.45) is 11.1 Å². The van der Waals surface area contributed by atoms with Crippen molar-refractivity contribution >= 4 is 23.2 Å². The lowest BCUT2D eigenvalue weighted by Crippen LogP contribution is -2.29. The third kappa shape index (κ3) is 3.63. The molecule has 0 unspecified atom stereocenters. The van der Waals surface area contributed by atoms with E-state index in [1.54, 1.807) is 12.1 Å². The molecule has 1 fully saturated rings. The molecule has 0 aliphatic heterocycles. The fourth-order valence-corrected chi connectivity index (χ4v) is 2.86. The summed E-state index contributed by atoms with van der Waals surface area (Å²) >= 11 is 6.05. The number of carbonyl (C=O) groups excluding carboxylic acids is 1. The van der Waals surface area contributed by atoms with Crippen LogP contribution in [-0.2, 0) is 0 Å². The summed E-state index contributed by atoms with van der Waals surface area (Å²) in [6.45, 7) is 4.64. The second-order valence-corrected chi connectivity index (χ2v) is 6.55. The molecule has 0 bridgehead atoms. The highest BCUT2D eigenvalue weighted by Crippen LogP contribution is 2.36. The van der Waals surface area contributed by atoms with E-state index in [2.05, 4.69) is 19.2 Å².